The van der Waals surface area contributed by atoms with Crippen LogP contribution in [0.5, 0.6) is 0 Å². The first-order chi connectivity index (χ1) is 13.2. The first-order valence-corrected chi connectivity index (χ1v) is 8.72. The van der Waals surface area contributed by atoms with Crippen LogP contribution in [0.3, 0.4) is 0 Å². The van der Waals surface area contributed by atoms with E-state index in [1.165, 1.54) is 0 Å². The number of pyridine rings is 1. The van der Waals surface area contributed by atoms with Gasteiger partial charge in [0.25, 0.3) is 5.56 Å². The van der Waals surface area contributed by atoms with Crippen molar-refractivity contribution < 1.29 is 0 Å². The van der Waals surface area contributed by atoms with Crippen molar-refractivity contribution >= 4 is 21.7 Å². The minimum atomic E-state index is -0.108. The van der Waals surface area contributed by atoms with Crippen LogP contribution in [0.15, 0.2) is 83.8 Å². The predicted octanol–water partition coefficient (Wildman–Crippen LogP) is 3.94. The molecule has 0 aliphatic carbocycles. The first-order valence-electron chi connectivity index (χ1n) is 8.72. The Morgan fingerprint density at radius 3 is 2.48 bits per heavy atom. The van der Waals surface area contributed by atoms with E-state index in [0.717, 1.165) is 32.9 Å². The van der Waals surface area contributed by atoms with Gasteiger partial charge in [-0.3, -0.25) is 4.79 Å². The monoisotopic (exact) mass is 352 g/mol. The Morgan fingerprint density at radius 1 is 0.852 bits per heavy atom. The molecule has 130 valence electrons. The topological polar surface area (TPSA) is 52.7 Å². The summed E-state index contributed by atoms with van der Waals surface area (Å²) in [6.07, 6.45) is 1.81. The molecule has 0 saturated heterocycles. The first kappa shape index (κ1) is 15.5. The molecule has 0 aliphatic heterocycles. The molecule has 5 rings (SSSR count). The second-order valence-electron chi connectivity index (χ2n) is 6.53. The van der Waals surface area contributed by atoms with Gasteiger partial charge in [0, 0.05) is 18.0 Å². The van der Waals surface area contributed by atoms with Crippen molar-refractivity contribution in [3.8, 4) is 16.9 Å². The van der Waals surface area contributed by atoms with E-state index < -0.39 is 0 Å². The highest BCUT2D eigenvalue weighted by Gasteiger charge is 2.13. The van der Waals surface area contributed by atoms with Crippen molar-refractivity contribution in [1.82, 2.24) is 19.6 Å². The van der Waals surface area contributed by atoms with E-state index in [9.17, 15) is 4.79 Å². The summed E-state index contributed by atoms with van der Waals surface area (Å²) in [4.78, 5) is 12.8. The van der Waals surface area contributed by atoms with Crippen LogP contribution in [0.2, 0.25) is 0 Å². The maximum atomic E-state index is 12.8. The van der Waals surface area contributed by atoms with Crippen LogP contribution in [0, 0.1) is 0 Å². The fourth-order valence-electron chi connectivity index (χ4n) is 3.52. The van der Waals surface area contributed by atoms with Crippen LogP contribution in [-0.2, 0) is 7.05 Å². The Labute approximate surface area is 155 Å². The smallest absolute Gasteiger partial charge is 0.276 e. The molecule has 0 unspecified atom stereocenters. The van der Waals surface area contributed by atoms with Crippen molar-refractivity contribution in [2.24, 2.45) is 7.05 Å². The second kappa shape index (κ2) is 5.92. The van der Waals surface area contributed by atoms with Gasteiger partial charge in [0.05, 0.1) is 11.7 Å². The Morgan fingerprint density at radius 2 is 1.59 bits per heavy atom. The zero-order chi connectivity index (χ0) is 18.4. The lowest BCUT2D eigenvalue weighted by Crippen LogP contribution is -2.22. The van der Waals surface area contributed by atoms with Gasteiger partial charge in [-0.05, 0) is 22.9 Å². The Kier molecular flexibility index (Phi) is 3.40. The van der Waals surface area contributed by atoms with Gasteiger partial charge >= 0.3 is 0 Å². The van der Waals surface area contributed by atoms with Gasteiger partial charge in [-0.25, -0.2) is 4.68 Å². The zero-order valence-electron chi connectivity index (χ0n) is 14.7. The molecule has 0 N–H and O–H groups in total. The highest BCUT2D eigenvalue weighted by molar-refractivity contribution is 5.95. The van der Waals surface area contributed by atoms with Crippen LogP contribution in [0.25, 0.3) is 38.6 Å². The minimum absolute atomic E-state index is 0.108. The SMILES string of the molecule is Cn1c(=O)c(-n2cc(-c3cccc4ccccc34)nn2)cc2ccccc21. The number of nitrogens with zero attached hydrogens (tertiary/aromatic N) is 4. The molecular formula is C22H16N4O. The summed E-state index contributed by atoms with van der Waals surface area (Å²) in [5, 5.41) is 11.8. The fourth-order valence-corrected chi connectivity index (χ4v) is 3.52. The maximum absolute atomic E-state index is 12.8. The number of benzene rings is 3. The summed E-state index contributed by atoms with van der Waals surface area (Å²) in [6, 6.07) is 23.9. The number of para-hydroxylation sites is 1. The van der Waals surface area contributed by atoms with Crippen molar-refractivity contribution in [2.45, 2.75) is 0 Å². The molecule has 0 fully saturated rings. The van der Waals surface area contributed by atoms with Crippen LogP contribution in [0.1, 0.15) is 0 Å². The third kappa shape index (κ3) is 2.44. The van der Waals surface area contributed by atoms with E-state index in [1.54, 1.807) is 16.3 Å². The molecule has 27 heavy (non-hydrogen) atoms. The molecule has 5 aromatic rings. The lowest BCUT2D eigenvalue weighted by Gasteiger charge is -2.08. The normalized spacial score (nSPS) is 11.3. The van der Waals surface area contributed by atoms with Crippen molar-refractivity contribution in [2.75, 3.05) is 0 Å². The fraction of sp³-hybridized carbons (Fsp3) is 0.0455. The van der Waals surface area contributed by atoms with E-state index in [4.69, 9.17) is 0 Å². The molecule has 2 aromatic heterocycles. The molecule has 0 saturated carbocycles. The number of rotatable bonds is 2. The summed E-state index contributed by atoms with van der Waals surface area (Å²) in [7, 11) is 1.77. The summed E-state index contributed by atoms with van der Waals surface area (Å²) >= 11 is 0. The standard InChI is InChI=1S/C22H16N4O/c1-25-20-12-5-3-8-16(20)13-21(22(25)27)26-14-19(23-24-26)18-11-6-9-15-7-2-4-10-17(15)18/h2-14H,1H3. The van der Waals surface area contributed by atoms with Gasteiger partial charge < -0.3 is 4.57 Å². The zero-order valence-corrected chi connectivity index (χ0v) is 14.7. The van der Waals surface area contributed by atoms with Gasteiger partial charge in [0.15, 0.2) is 0 Å². The van der Waals surface area contributed by atoms with E-state index in [0.29, 0.717) is 5.69 Å². The molecule has 2 heterocycles. The van der Waals surface area contributed by atoms with Crippen LogP contribution in [-0.4, -0.2) is 19.6 Å². The highest BCUT2D eigenvalue weighted by Crippen LogP contribution is 2.27. The van der Waals surface area contributed by atoms with Gasteiger partial charge in [0.1, 0.15) is 11.4 Å². The summed E-state index contributed by atoms with van der Waals surface area (Å²) in [6.45, 7) is 0. The molecule has 0 spiro atoms. The van der Waals surface area contributed by atoms with E-state index >= 15 is 0 Å². The summed E-state index contributed by atoms with van der Waals surface area (Å²) < 4.78 is 3.20. The van der Waals surface area contributed by atoms with Gasteiger partial charge in [-0.2, -0.15) is 0 Å². The number of hydrogen-bond donors (Lipinski definition) is 0. The Hall–Kier alpha value is -3.73. The second-order valence-corrected chi connectivity index (χ2v) is 6.53. The highest BCUT2D eigenvalue weighted by atomic mass is 16.1. The molecular weight excluding hydrogens is 336 g/mol. The van der Waals surface area contributed by atoms with Crippen LogP contribution in [0.4, 0.5) is 0 Å². The minimum Gasteiger partial charge on any atom is -0.309 e. The van der Waals surface area contributed by atoms with Crippen molar-refractivity contribution in [3.63, 3.8) is 0 Å². The molecule has 0 radical (unpaired) electrons. The average molecular weight is 352 g/mol. The number of aryl methyl sites for hydroxylation is 1. The maximum Gasteiger partial charge on any atom is 0.276 e. The molecule has 0 atom stereocenters. The molecule has 0 bridgehead atoms. The van der Waals surface area contributed by atoms with Gasteiger partial charge in [-0.1, -0.05) is 65.9 Å². The number of fused-ring (bicyclic) bond motifs is 2. The average Bonchev–Trinajstić information content (AvgIpc) is 3.20. The van der Waals surface area contributed by atoms with Crippen LogP contribution < -0.4 is 5.56 Å². The van der Waals surface area contributed by atoms with Crippen LogP contribution >= 0.6 is 0 Å². The predicted molar refractivity (Wildman–Crippen MR) is 107 cm³/mol. The molecule has 0 aliphatic rings. The van der Waals surface area contributed by atoms with Crippen molar-refractivity contribution in [3.05, 3.63) is 89.3 Å². The van der Waals surface area contributed by atoms with E-state index in [1.807, 2.05) is 60.8 Å². The van der Waals surface area contributed by atoms with Gasteiger partial charge in [0.2, 0.25) is 0 Å². The molecule has 5 nitrogen and oxygen atoms in total. The number of aromatic nitrogens is 4. The third-order valence-electron chi connectivity index (χ3n) is 4.92. The lowest BCUT2D eigenvalue weighted by atomic mass is 10.0. The Bertz CT molecular complexity index is 1360. The quantitative estimate of drug-likeness (QED) is 0.483. The summed E-state index contributed by atoms with van der Waals surface area (Å²) in [5.74, 6) is 0. The number of hydrogen-bond acceptors (Lipinski definition) is 3. The third-order valence-corrected chi connectivity index (χ3v) is 4.92. The lowest BCUT2D eigenvalue weighted by molar-refractivity contribution is 0.776. The largest absolute Gasteiger partial charge is 0.309 e. The molecule has 0 amide bonds. The van der Waals surface area contributed by atoms with Gasteiger partial charge in [-0.15, -0.1) is 5.10 Å². The van der Waals surface area contributed by atoms with Crippen molar-refractivity contribution in [1.29, 1.82) is 0 Å². The Balaban J connectivity index is 1.69. The van der Waals surface area contributed by atoms with E-state index in [-0.39, 0.29) is 5.56 Å². The van der Waals surface area contributed by atoms with E-state index in [2.05, 4.69) is 28.5 Å². The molecule has 5 heteroatoms. The summed E-state index contributed by atoms with van der Waals surface area (Å²) in [5.41, 5.74) is 3.00. The molecule has 3 aromatic carbocycles.